The molecular formula is C11H14FN3O. The van der Waals surface area contributed by atoms with Crippen LogP contribution in [0.2, 0.25) is 0 Å². The number of hydrogen-bond acceptors (Lipinski definition) is 3. The first kappa shape index (κ1) is 10.9. The van der Waals surface area contributed by atoms with Crippen LogP contribution in [0.1, 0.15) is 6.42 Å². The van der Waals surface area contributed by atoms with E-state index in [0.717, 1.165) is 5.69 Å². The van der Waals surface area contributed by atoms with Crippen molar-refractivity contribution in [3.05, 3.63) is 24.0 Å². The summed E-state index contributed by atoms with van der Waals surface area (Å²) in [4.78, 5) is 13.2. The number of carbonyl (C=O) groups is 1. The molecule has 4 nitrogen and oxygen atoms in total. The van der Waals surface area contributed by atoms with Gasteiger partial charge in [-0.1, -0.05) is 0 Å². The second-order valence-electron chi connectivity index (χ2n) is 3.88. The molecule has 1 unspecified atom stereocenters. The summed E-state index contributed by atoms with van der Waals surface area (Å²) in [5.74, 6) is -0.420. The minimum absolute atomic E-state index is 0.0606. The third-order valence-corrected chi connectivity index (χ3v) is 2.67. The molecule has 1 saturated heterocycles. The fourth-order valence-corrected chi connectivity index (χ4v) is 1.91. The number of anilines is 2. The first-order chi connectivity index (χ1) is 7.61. The van der Waals surface area contributed by atoms with Crippen LogP contribution in [0.5, 0.6) is 0 Å². The van der Waals surface area contributed by atoms with Crippen LogP contribution in [0.25, 0.3) is 0 Å². The zero-order chi connectivity index (χ0) is 11.7. The molecule has 86 valence electrons. The van der Waals surface area contributed by atoms with Gasteiger partial charge in [-0.2, -0.15) is 0 Å². The predicted molar refractivity (Wildman–Crippen MR) is 60.9 cm³/mol. The van der Waals surface area contributed by atoms with E-state index in [1.807, 2.05) is 0 Å². The van der Waals surface area contributed by atoms with Crippen LogP contribution in [0.4, 0.5) is 15.8 Å². The van der Waals surface area contributed by atoms with E-state index in [2.05, 4.69) is 5.32 Å². The normalized spacial score (nSPS) is 20.3. The lowest BCUT2D eigenvalue weighted by atomic mass is 10.2. The van der Waals surface area contributed by atoms with E-state index in [1.54, 1.807) is 13.1 Å². The third kappa shape index (κ3) is 1.86. The van der Waals surface area contributed by atoms with E-state index in [4.69, 9.17) is 5.73 Å². The number of nitrogens with one attached hydrogen (secondary N) is 1. The summed E-state index contributed by atoms with van der Waals surface area (Å²) in [5.41, 5.74) is 6.99. The highest BCUT2D eigenvalue weighted by Gasteiger charge is 2.29. The quantitative estimate of drug-likeness (QED) is 0.784. The number of amides is 1. The number of benzene rings is 1. The number of rotatable bonds is 2. The molecule has 0 aromatic heterocycles. The average Bonchev–Trinajstić information content (AvgIpc) is 2.57. The maximum absolute atomic E-state index is 13.2. The van der Waals surface area contributed by atoms with Gasteiger partial charge >= 0.3 is 0 Å². The summed E-state index contributed by atoms with van der Waals surface area (Å²) in [6.07, 6.45) is 0.319. The predicted octanol–water partition coefficient (Wildman–Crippen LogP) is 0.931. The molecule has 1 fully saturated rings. The molecule has 0 radical (unpaired) electrons. The van der Waals surface area contributed by atoms with Gasteiger partial charge in [-0.15, -0.1) is 0 Å². The summed E-state index contributed by atoms with van der Waals surface area (Å²) in [5, 5.41) is 2.93. The van der Waals surface area contributed by atoms with E-state index < -0.39 is 0 Å². The molecule has 1 aromatic carbocycles. The second kappa shape index (κ2) is 4.09. The molecule has 3 N–H and O–H groups in total. The molecule has 1 atom stereocenters. The van der Waals surface area contributed by atoms with Crippen LogP contribution in [0.3, 0.4) is 0 Å². The number of nitrogens with zero attached hydrogens (tertiary/aromatic N) is 1. The lowest BCUT2D eigenvalue weighted by molar-refractivity contribution is -0.117. The van der Waals surface area contributed by atoms with Crippen LogP contribution in [0.15, 0.2) is 18.2 Å². The van der Waals surface area contributed by atoms with Crippen LogP contribution < -0.4 is 16.0 Å². The van der Waals surface area contributed by atoms with Crippen molar-refractivity contribution < 1.29 is 9.18 Å². The maximum atomic E-state index is 13.2. The summed E-state index contributed by atoms with van der Waals surface area (Å²) in [6, 6.07) is 4.15. The van der Waals surface area contributed by atoms with E-state index >= 15 is 0 Å². The number of hydrogen-bond donors (Lipinski definition) is 2. The van der Waals surface area contributed by atoms with Gasteiger partial charge in [0.1, 0.15) is 5.82 Å². The number of halogens is 1. The summed E-state index contributed by atoms with van der Waals surface area (Å²) in [6.45, 7) is 0.441. The largest absolute Gasteiger partial charge is 0.386 e. The zero-order valence-electron chi connectivity index (χ0n) is 9.03. The van der Waals surface area contributed by atoms with E-state index in [1.165, 1.54) is 17.0 Å². The smallest absolute Gasteiger partial charge is 0.228 e. The van der Waals surface area contributed by atoms with E-state index in [-0.39, 0.29) is 17.8 Å². The van der Waals surface area contributed by atoms with Crippen molar-refractivity contribution in [2.45, 2.75) is 12.5 Å². The minimum Gasteiger partial charge on any atom is -0.386 e. The van der Waals surface area contributed by atoms with Crippen molar-refractivity contribution in [3.63, 3.8) is 0 Å². The van der Waals surface area contributed by atoms with Crippen LogP contribution in [-0.2, 0) is 4.79 Å². The fraction of sp³-hybridized carbons (Fsp3) is 0.364. The standard InChI is InChI=1S/C11H14FN3O/c1-14-9-3-2-7(12)4-10(9)15-6-8(13)5-11(15)16/h2-4,8,14H,5-6,13H2,1H3. The van der Waals surface area contributed by atoms with Crippen molar-refractivity contribution in [2.24, 2.45) is 5.73 Å². The Kier molecular flexibility index (Phi) is 2.78. The summed E-state index contributed by atoms with van der Waals surface area (Å²) < 4.78 is 13.2. The second-order valence-corrected chi connectivity index (χ2v) is 3.88. The van der Waals surface area contributed by atoms with Gasteiger partial charge in [0.05, 0.1) is 11.4 Å². The SMILES string of the molecule is CNc1ccc(F)cc1N1CC(N)CC1=O. The molecule has 1 heterocycles. The Hall–Kier alpha value is -1.62. The van der Waals surface area contributed by atoms with Gasteiger partial charge < -0.3 is 16.0 Å². The average molecular weight is 223 g/mol. The highest BCUT2D eigenvalue weighted by Crippen LogP contribution is 2.29. The molecule has 1 aromatic rings. The Labute approximate surface area is 93.2 Å². The minimum atomic E-state index is -0.359. The lowest BCUT2D eigenvalue weighted by Crippen LogP contribution is -2.28. The molecule has 2 rings (SSSR count). The molecule has 0 aliphatic carbocycles. The van der Waals surface area contributed by atoms with Crippen molar-refractivity contribution in [2.75, 3.05) is 23.8 Å². The number of carbonyl (C=O) groups excluding carboxylic acids is 1. The van der Waals surface area contributed by atoms with Crippen molar-refractivity contribution in [1.29, 1.82) is 0 Å². The molecule has 0 spiro atoms. The van der Waals surface area contributed by atoms with Crippen molar-refractivity contribution >= 4 is 17.3 Å². The van der Waals surface area contributed by atoms with Gasteiger partial charge in [-0.3, -0.25) is 4.79 Å². The molecule has 0 bridgehead atoms. The molecular weight excluding hydrogens is 209 g/mol. The Bertz CT molecular complexity index is 422. The highest BCUT2D eigenvalue weighted by atomic mass is 19.1. The van der Waals surface area contributed by atoms with Crippen molar-refractivity contribution in [1.82, 2.24) is 0 Å². The van der Waals surface area contributed by atoms with Gasteiger partial charge in [-0.25, -0.2) is 4.39 Å². The summed E-state index contributed by atoms with van der Waals surface area (Å²) >= 11 is 0. The van der Waals surface area contributed by atoms with Gasteiger partial charge in [-0.05, 0) is 18.2 Å². The summed E-state index contributed by atoms with van der Waals surface area (Å²) in [7, 11) is 1.73. The molecule has 5 heteroatoms. The van der Waals surface area contributed by atoms with E-state index in [0.29, 0.717) is 18.7 Å². The zero-order valence-corrected chi connectivity index (χ0v) is 9.03. The number of nitrogens with two attached hydrogens (primary N) is 1. The van der Waals surface area contributed by atoms with Gasteiger partial charge in [0.25, 0.3) is 0 Å². The first-order valence-electron chi connectivity index (χ1n) is 5.15. The lowest BCUT2D eigenvalue weighted by Gasteiger charge is -2.19. The molecule has 0 saturated carbocycles. The molecule has 1 aliphatic rings. The third-order valence-electron chi connectivity index (χ3n) is 2.67. The first-order valence-corrected chi connectivity index (χ1v) is 5.15. The Morgan fingerprint density at radius 3 is 2.88 bits per heavy atom. The molecule has 1 amide bonds. The topological polar surface area (TPSA) is 58.4 Å². The monoisotopic (exact) mass is 223 g/mol. The van der Waals surface area contributed by atoms with Gasteiger partial charge in [0.2, 0.25) is 5.91 Å². The van der Waals surface area contributed by atoms with Crippen LogP contribution >= 0.6 is 0 Å². The Balaban J connectivity index is 2.39. The molecule has 16 heavy (non-hydrogen) atoms. The van der Waals surface area contributed by atoms with Crippen LogP contribution in [-0.4, -0.2) is 25.5 Å². The van der Waals surface area contributed by atoms with Gasteiger partial charge in [0.15, 0.2) is 0 Å². The Morgan fingerprint density at radius 1 is 1.56 bits per heavy atom. The van der Waals surface area contributed by atoms with E-state index in [9.17, 15) is 9.18 Å². The fourth-order valence-electron chi connectivity index (χ4n) is 1.91. The van der Waals surface area contributed by atoms with Crippen molar-refractivity contribution in [3.8, 4) is 0 Å². The molecule has 1 aliphatic heterocycles. The Morgan fingerprint density at radius 2 is 2.31 bits per heavy atom. The van der Waals surface area contributed by atoms with Crippen LogP contribution in [0, 0.1) is 5.82 Å². The highest BCUT2D eigenvalue weighted by molar-refractivity contribution is 5.99. The maximum Gasteiger partial charge on any atom is 0.228 e. The van der Waals surface area contributed by atoms with Gasteiger partial charge in [0, 0.05) is 26.1 Å².